The minimum atomic E-state index is 0.455. The summed E-state index contributed by atoms with van der Waals surface area (Å²) in [6, 6.07) is 22.8. The van der Waals surface area contributed by atoms with E-state index in [0.29, 0.717) is 17.5 Å². The third-order valence-electron chi connectivity index (χ3n) is 4.54. The molecule has 0 atom stereocenters. The molecule has 3 aromatic carbocycles. The number of ether oxygens (including phenoxy) is 1. The molecule has 3 aromatic rings. The molecule has 0 radical (unpaired) electrons. The fourth-order valence-corrected chi connectivity index (χ4v) is 3.16. The van der Waals surface area contributed by atoms with E-state index in [4.69, 9.17) is 16.3 Å². The highest BCUT2D eigenvalue weighted by Crippen LogP contribution is 2.30. The molecule has 1 nitrogen and oxygen atoms in total. The lowest BCUT2D eigenvalue weighted by atomic mass is 9.97. The Labute approximate surface area is 155 Å². The van der Waals surface area contributed by atoms with Crippen molar-refractivity contribution in [1.29, 1.82) is 0 Å². The van der Waals surface area contributed by atoms with Gasteiger partial charge in [0.2, 0.25) is 0 Å². The number of halogens is 1. The molecular formula is C23H23ClO. The van der Waals surface area contributed by atoms with Crippen LogP contribution in [0.4, 0.5) is 0 Å². The van der Waals surface area contributed by atoms with Gasteiger partial charge < -0.3 is 4.74 Å². The molecule has 0 N–H and O–H groups in total. The zero-order chi connectivity index (χ0) is 17.8. The zero-order valence-corrected chi connectivity index (χ0v) is 15.7. The van der Waals surface area contributed by atoms with Crippen molar-refractivity contribution in [2.75, 3.05) is 0 Å². The van der Waals surface area contributed by atoms with Crippen LogP contribution in [-0.4, -0.2) is 0 Å². The van der Waals surface area contributed by atoms with Crippen LogP contribution in [0.3, 0.4) is 0 Å². The van der Waals surface area contributed by atoms with Crippen LogP contribution >= 0.6 is 11.6 Å². The van der Waals surface area contributed by atoms with Gasteiger partial charge in [0, 0.05) is 0 Å². The number of rotatable bonds is 5. The molecule has 0 heterocycles. The molecule has 128 valence electrons. The molecule has 3 rings (SSSR count). The minimum absolute atomic E-state index is 0.455. The number of benzene rings is 3. The van der Waals surface area contributed by atoms with Crippen LogP contribution in [0.15, 0.2) is 66.7 Å². The summed E-state index contributed by atoms with van der Waals surface area (Å²) in [5.74, 6) is 1.19. The summed E-state index contributed by atoms with van der Waals surface area (Å²) in [5.41, 5.74) is 6.10. The van der Waals surface area contributed by atoms with E-state index < -0.39 is 0 Å². The Morgan fingerprint density at radius 1 is 0.920 bits per heavy atom. The largest absolute Gasteiger partial charge is 0.487 e. The van der Waals surface area contributed by atoms with Crippen molar-refractivity contribution in [2.24, 2.45) is 0 Å². The highest BCUT2D eigenvalue weighted by molar-refractivity contribution is 6.32. The molecule has 0 aromatic heterocycles. The number of hydrogen-bond acceptors (Lipinski definition) is 1. The van der Waals surface area contributed by atoms with Crippen LogP contribution in [0.5, 0.6) is 5.75 Å². The Morgan fingerprint density at radius 2 is 1.68 bits per heavy atom. The second-order valence-corrected chi connectivity index (χ2v) is 7.00. The van der Waals surface area contributed by atoms with E-state index in [0.717, 1.165) is 5.75 Å². The van der Waals surface area contributed by atoms with Gasteiger partial charge in [-0.25, -0.2) is 0 Å². The average molecular weight is 351 g/mol. The topological polar surface area (TPSA) is 9.23 Å². The lowest BCUT2D eigenvalue weighted by molar-refractivity contribution is 0.305. The Bertz CT molecular complexity index is 853. The highest BCUT2D eigenvalue weighted by Gasteiger charge is 2.09. The minimum Gasteiger partial charge on any atom is -0.487 e. The summed E-state index contributed by atoms with van der Waals surface area (Å²) < 4.78 is 6.00. The molecule has 0 amide bonds. The lowest BCUT2D eigenvalue weighted by Crippen LogP contribution is -2.00. The van der Waals surface area contributed by atoms with Crippen LogP contribution in [0.2, 0.25) is 5.02 Å². The van der Waals surface area contributed by atoms with Crippen LogP contribution in [0.25, 0.3) is 11.1 Å². The van der Waals surface area contributed by atoms with Gasteiger partial charge in [0.25, 0.3) is 0 Å². The summed E-state index contributed by atoms with van der Waals surface area (Å²) in [6.07, 6.45) is 0. The maximum absolute atomic E-state index is 6.38. The van der Waals surface area contributed by atoms with Crippen molar-refractivity contribution in [3.05, 3.63) is 88.4 Å². The molecule has 0 unspecified atom stereocenters. The van der Waals surface area contributed by atoms with Gasteiger partial charge in [-0.2, -0.15) is 0 Å². The van der Waals surface area contributed by atoms with E-state index in [1.165, 1.54) is 27.8 Å². The van der Waals surface area contributed by atoms with Gasteiger partial charge in [-0.3, -0.25) is 0 Å². The third-order valence-corrected chi connectivity index (χ3v) is 4.83. The fourth-order valence-electron chi connectivity index (χ4n) is 2.92. The lowest BCUT2D eigenvalue weighted by Gasteiger charge is -2.14. The molecule has 0 saturated heterocycles. The maximum atomic E-state index is 6.38. The second kappa shape index (κ2) is 7.76. The summed E-state index contributed by atoms with van der Waals surface area (Å²) in [5, 5.41) is 0.670. The van der Waals surface area contributed by atoms with Crippen LogP contribution in [0.1, 0.15) is 36.5 Å². The summed E-state index contributed by atoms with van der Waals surface area (Å²) >= 11 is 6.38. The van der Waals surface area contributed by atoms with E-state index >= 15 is 0 Å². The van der Waals surface area contributed by atoms with E-state index in [1.54, 1.807) is 0 Å². The molecule has 0 bridgehead atoms. The molecule has 0 saturated carbocycles. The molecule has 0 aliphatic carbocycles. The van der Waals surface area contributed by atoms with Crippen LogP contribution in [0, 0.1) is 6.92 Å². The molecule has 0 aliphatic rings. The van der Waals surface area contributed by atoms with Crippen molar-refractivity contribution in [3.8, 4) is 16.9 Å². The molecule has 0 spiro atoms. The van der Waals surface area contributed by atoms with Gasteiger partial charge in [-0.05, 0) is 52.8 Å². The highest BCUT2D eigenvalue weighted by atomic mass is 35.5. The van der Waals surface area contributed by atoms with E-state index in [-0.39, 0.29) is 0 Å². The smallest absolute Gasteiger partial charge is 0.138 e. The van der Waals surface area contributed by atoms with E-state index in [1.807, 2.05) is 18.2 Å². The average Bonchev–Trinajstić information content (AvgIpc) is 2.62. The fraction of sp³-hybridized carbons (Fsp3) is 0.217. The quantitative estimate of drug-likeness (QED) is 0.480. The predicted molar refractivity (Wildman–Crippen MR) is 106 cm³/mol. The summed E-state index contributed by atoms with van der Waals surface area (Å²) in [6.45, 7) is 6.97. The standard InChI is InChI=1S/C23H23ClO/c1-16(2)19-12-13-23(22(24)14-19)25-15-20-10-7-11-21(17(20)3)18-8-5-4-6-9-18/h4-14,16H,15H2,1-3H3. The molecule has 0 fully saturated rings. The van der Waals surface area contributed by atoms with Crippen molar-refractivity contribution in [1.82, 2.24) is 0 Å². The normalized spacial score (nSPS) is 10.9. The van der Waals surface area contributed by atoms with Gasteiger partial charge >= 0.3 is 0 Å². The summed E-state index contributed by atoms with van der Waals surface area (Å²) in [7, 11) is 0. The first kappa shape index (κ1) is 17.6. The van der Waals surface area contributed by atoms with Crippen LogP contribution < -0.4 is 4.74 Å². The van der Waals surface area contributed by atoms with Crippen molar-refractivity contribution in [3.63, 3.8) is 0 Å². The number of hydrogen-bond donors (Lipinski definition) is 0. The SMILES string of the molecule is Cc1c(COc2ccc(C(C)C)cc2Cl)cccc1-c1ccccc1. The first-order valence-electron chi connectivity index (χ1n) is 8.62. The predicted octanol–water partition coefficient (Wildman–Crippen LogP) is 7.02. The Kier molecular flexibility index (Phi) is 5.45. The molecule has 2 heteroatoms. The Hall–Kier alpha value is -2.25. The van der Waals surface area contributed by atoms with Gasteiger partial charge in [0.1, 0.15) is 12.4 Å². The van der Waals surface area contributed by atoms with E-state index in [2.05, 4.69) is 69.3 Å². The van der Waals surface area contributed by atoms with Crippen molar-refractivity contribution in [2.45, 2.75) is 33.3 Å². The third kappa shape index (κ3) is 4.05. The first-order valence-corrected chi connectivity index (χ1v) is 9.00. The second-order valence-electron chi connectivity index (χ2n) is 6.59. The Morgan fingerprint density at radius 3 is 2.36 bits per heavy atom. The van der Waals surface area contributed by atoms with Crippen molar-refractivity contribution >= 4 is 11.6 Å². The maximum Gasteiger partial charge on any atom is 0.138 e. The van der Waals surface area contributed by atoms with Crippen LogP contribution in [-0.2, 0) is 6.61 Å². The van der Waals surface area contributed by atoms with Gasteiger partial charge in [0.05, 0.1) is 5.02 Å². The van der Waals surface area contributed by atoms with Gasteiger partial charge in [0.15, 0.2) is 0 Å². The first-order chi connectivity index (χ1) is 12.1. The zero-order valence-electron chi connectivity index (χ0n) is 14.9. The van der Waals surface area contributed by atoms with E-state index in [9.17, 15) is 0 Å². The van der Waals surface area contributed by atoms with Gasteiger partial charge in [-0.15, -0.1) is 0 Å². The molecule has 25 heavy (non-hydrogen) atoms. The molecular weight excluding hydrogens is 328 g/mol. The van der Waals surface area contributed by atoms with Crippen molar-refractivity contribution < 1.29 is 4.74 Å². The van der Waals surface area contributed by atoms with Gasteiger partial charge in [-0.1, -0.05) is 80.0 Å². The monoisotopic (exact) mass is 350 g/mol. The molecule has 0 aliphatic heterocycles. The Balaban J connectivity index is 1.80. The summed E-state index contributed by atoms with van der Waals surface area (Å²) in [4.78, 5) is 0.